The van der Waals surface area contributed by atoms with Crippen molar-refractivity contribution in [2.45, 2.75) is 32.3 Å². The van der Waals surface area contributed by atoms with E-state index in [1.165, 1.54) is 5.56 Å². The van der Waals surface area contributed by atoms with Crippen LogP contribution in [0.1, 0.15) is 30.7 Å². The molecular weight excluding hydrogens is 473 g/mol. The van der Waals surface area contributed by atoms with Crippen molar-refractivity contribution in [2.24, 2.45) is 4.99 Å². The van der Waals surface area contributed by atoms with E-state index >= 15 is 0 Å². The van der Waals surface area contributed by atoms with Crippen LogP contribution in [0.3, 0.4) is 0 Å². The van der Waals surface area contributed by atoms with Gasteiger partial charge in [0.05, 0.1) is 13.7 Å². The Labute approximate surface area is 183 Å². The Hall–Kier alpha value is -1.32. The Kier molecular flexibility index (Phi) is 10.7. The molecule has 0 aliphatic carbocycles. The van der Waals surface area contributed by atoms with Gasteiger partial charge in [0, 0.05) is 18.0 Å². The molecule has 0 saturated carbocycles. The first-order valence-electron chi connectivity index (χ1n) is 8.96. The second kappa shape index (κ2) is 12.2. The number of benzene rings is 1. The van der Waals surface area contributed by atoms with Crippen LogP contribution in [0.2, 0.25) is 0 Å². The number of ether oxygens (including phenoxy) is 1. The molecule has 0 spiro atoms. The summed E-state index contributed by atoms with van der Waals surface area (Å²) in [4.78, 5) is 5.47. The molecule has 5 nitrogen and oxygen atoms in total. The summed E-state index contributed by atoms with van der Waals surface area (Å²) >= 11 is 1.55. The second-order valence-corrected chi connectivity index (χ2v) is 7.28. The van der Waals surface area contributed by atoms with Crippen LogP contribution in [0.25, 0.3) is 0 Å². The van der Waals surface area contributed by atoms with Gasteiger partial charge in [0.25, 0.3) is 0 Å². The number of hydrogen-bond donors (Lipinski definition) is 3. The van der Waals surface area contributed by atoms with Crippen molar-refractivity contribution < 1.29 is 9.84 Å². The average molecular weight is 503 g/mol. The van der Waals surface area contributed by atoms with E-state index in [9.17, 15) is 5.11 Å². The molecule has 7 heteroatoms. The molecule has 0 fully saturated rings. The number of halogens is 1. The highest BCUT2D eigenvalue weighted by atomic mass is 127. The molecule has 3 N–H and O–H groups in total. The van der Waals surface area contributed by atoms with Gasteiger partial charge in [-0.3, -0.25) is 0 Å². The third kappa shape index (κ3) is 8.06. The fourth-order valence-electron chi connectivity index (χ4n) is 2.56. The van der Waals surface area contributed by atoms with E-state index in [0.717, 1.165) is 42.5 Å². The van der Waals surface area contributed by atoms with Crippen LogP contribution < -0.4 is 15.4 Å². The first-order chi connectivity index (χ1) is 12.5. The summed E-state index contributed by atoms with van der Waals surface area (Å²) < 4.78 is 5.26. The molecular formula is C20H30IN3O2S. The topological polar surface area (TPSA) is 65.9 Å². The molecule has 0 amide bonds. The highest BCUT2D eigenvalue weighted by Crippen LogP contribution is 2.25. The molecule has 1 atom stereocenters. The fraction of sp³-hybridized carbons (Fsp3) is 0.450. The monoisotopic (exact) mass is 503 g/mol. The molecule has 0 aliphatic rings. The summed E-state index contributed by atoms with van der Waals surface area (Å²) in [5, 5.41) is 19.1. The largest absolute Gasteiger partial charge is 0.497 e. The molecule has 0 bridgehead atoms. The van der Waals surface area contributed by atoms with Crippen molar-refractivity contribution in [2.75, 3.05) is 26.7 Å². The first-order valence-corrected chi connectivity index (χ1v) is 9.84. The van der Waals surface area contributed by atoms with Crippen molar-refractivity contribution in [3.63, 3.8) is 0 Å². The molecule has 150 valence electrons. The molecule has 1 aromatic carbocycles. The number of nitrogens with one attached hydrogen (secondary N) is 2. The summed E-state index contributed by atoms with van der Waals surface area (Å²) in [5.74, 6) is 1.62. The molecule has 1 aromatic heterocycles. The molecule has 0 aliphatic heterocycles. The van der Waals surface area contributed by atoms with Gasteiger partial charge in [0.1, 0.15) is 11.4 Å². The van der Waals surface area contributed by atoms with Gasteiger partial charge in [-0.1, -0.05) is 18.2 Å². The SMILES string of the molecule is CCNC(=NCC(C)(O)c1cccs1)NCCCc1cccc(OC)c1.I. The highest BCUT2D eigenvalue weighted by Gasteiger charge is 2.23. The standard InChI is InChI=1S/C20H29N3O2S.HI/c1-4-21-19(23-15-20(2,24)18-11-7-13-26-18)22-12-6-9-16-8-5-10-17(14-16)25-3;/h5,7-8,10-11,13-14,24H,4,6,9,12,15H2,1-3H3,(H2,21,22,23);1H. The Balaban J connectivity index is 0.00000364. The van der Waals surface area contributed by atoms with Crippen molar-refractivity contribution in [1.29, 1.82) is 0 Å². The zero-order chi connectivity index (χ0) is 18.8. The summed E-state index contributed by atoms with van der Waals surface area (Å²) in [5.41, 5.74) is 0.311. The lowest BCUT2D eigenvalue weighted by molar-refractivity contribution is 0.0711. The Morgan fingerprint density at radius 2 is 2.07 bits per heavy atom. The number of thiophene rings is 1. The number of aryl methyl sites for hydroxylation is 1. The predicted molar refractivity (Wildman–Crippen MR) is 125 cm³/mol. The third-order valence-corrected chi connectivity index (χ3v) is 5.13. The maximum Gasteiger partial charge on any atom is 0.191 e. The van der Waals surface area contributed by atoms with Crippen LogP contribution in [0.4, 0.5) is 0 Å². The average Bonchev–Trinajstić information content (AvgIpc) is 3.19. The number of nitrogens with zero attached hydrogens (tertiary/aromatic N) is 1. The minimum Gasteiger partial charge on any atom is -0.497 e. The van der Waals surface area contributed by atoms with Gasteiger partial charge in [-0.05, 0) is 55.8 Å². The summed E-state index contributed by atoms with van der Waals surface area (Å²) in [7, 11) is 1.69. The summed E-state index contributed by atoms with van der Waals surface area (Å²) in [6.07, 6.45) is 1.95. The minimum atomic E-state index is -0.947. The van der Waals surface area contributed by atoms with Crippen LogP contribution >= 0.6 is 35.3 Å². The molecule has 0 radical (unpaired) electrons. The van der Waals surface area contributed by atoms with Crippen LogP contribution in [-0.2, 0) is 12.0 Å². The minimum absolute atomic E-state index is 0. The normalized spacial score (nSPS) is 13.4. The Morgan fingerprint density at radius 3 is 2.74 bits per heavy atom. The predicted octanol–water partition coefficient (Wildman–Crippen LogP) is 3.77. The highest BCUT2D eigenvalue weighted by molar-refractivity contribution is 14.0. The van der Waals surface area contributed by atoms with E-state index in [1.54, 1.807) is 25.4 Å². The van der Waals surface area contributed by atoms with E-state index in [1.807, 2.05) is 36.6 Å². The zero-order valence-electron chi connectivity index (χ0n) is 16.2. The summed E-state index contributed by atoms with van der Waals surface area (Å²) in [6, 6.07) is 12.0. The quantitative estimate of drug-likeness (QED) is 0.211. The van der Waals surface area contributed by atoms with Crippen molar-refractivity contribution in [3.05, 3.63) is 52.2 Å². The van der Waals surface area contributed by atoms with Gasteiger partial charge in [0.15, 0.2) is 5.96 Å². The van der Waals surface area contributed by atoms with Gasteiger partial charge in [-0.25, -0.2) is 4.99 Å². The van der Waals surface area contributed by atoms with Gasteiger partial charge < -0.3 is 20.5 Å². The molecule has 2 rings (SSSR count). The Bertz CT molecular complexity index is 690. The molecule has 27 heavy (non-hydrogen) atoms. The molecule has 0 saturated heterocycles. The summed E-state index contributed by atoms with van der Waals surface area (Å²) in [6.45, 7) is 5.74. The lowest BCUT2D eigenvalue weighted by Crippen LogP contribution is -2.39. The number of guanidine groups is 1. The number of aliphatic hydroxyl groups is 1. The Morgan fingerprint density at radius 1 is 1.26 bits per heavy atom. The van der Waals surface area contributed by atoms with Gasteiger partial charge in [0.2, 0.25) is 0 Å². The maximum absolute atomic E-state index is 10.6. The third-order valence-electron chi connectivity index (χ3n) is 4.01. The van der Waals surface area contributed by atoms with Crippen LogP contribution in [-0.4, -0.2) is 37.8 Å². The molecule has 1 heterocycles. The lowest BCUT2D eigenvalue weighted by Gasteiger charge is -2.20. The van der Waals surface area contributed by atoms with E-state index in [4.69, 9.17) is 4.74 Å². The lowest BCUT2D eigenvalue weighted by atomic mass is 10.1. The number of methoxy groups -OCH3 is 1. The molecule has 2 aromatic rings. The number of aliphatic imine (C=N–C) groups is 1. The first kappa shape index (κ1) is 23.7. The van der Waals surface area contributed by atoms with Crippen LogP contribution in [0.5, 0.6) is 5.75 Å². The zero-order valence-corrected chi connectivity index (χ0v) is 19.3. The number of hydrogen-bond acceptors (Lipinski definition) is 4. The smallest absolute Gasteiger partial charge is 0.191 e. The van der Waals surface area contributed by atoms with E-state index in [0.29, 0.717) is 6.54 Å². The van der Waals surface area contributed by atoms with Gasteiger partial charge in [-0.15, -0.1) is 35.3 Å². The van der Waals surface area contributed by atoms with Gasteiger partial charge in [-0.2, -0.15) is 0 Å². The van der Waals surface area contributed by atoms with Crippen molar-refractivity contribution >= 4 is 41.3 Å². The molecule has 1 unspecified atom stereocenters. The van der Waals surface area contributed by atoms with E-state index in [2.05, 4.69) is 27.8 Å². The fourth-order valence-corrected chi connectivity index (χ4v) is 3.34. The maximum atomic E-state index is 10.6. The van der Waals surface area contributed by atoms with Gasteiger partial charge >= 0.3 is 0 Å². The second-order valence-electron chi connectivity index (χ2n) is 6.33. The van der Waals surface area contributed by atoms with Crippen molar-refractivity contribution in [3.8, 4) is 5.75 Å². The van der Waals surface area contributed by atoms with Crippen LogP contribution in [0, 0.1) is 0 Å². The van der Waals surface area contributed by atoms with E-state index < -0.39 is 5.60 Å². The number of rotatable bonds is 9. The van der Waals surface area contributed by atoms with Crippen molar-refractivity contribution in [1.82, 2.24) is 10.6 Å². The van der Waals surface area contributed by atoms with E-state index in [-0.39, 0.29) is 24.0 Å². The van der Waals surface area contributed by atoms with Crippen LogP contribution in [0.15, 0.2) is 46.8 Å².